The minimum Gasteiger partial charge on any atom is -0.222 e. The van der Waals surface area contributed by atoms with Crippen molar-refractivity contribution in [1.82, 2.24) is 14.6 Å². The van der Waals surface area contributed by atoms with Gasteiger partial charge in [0.1, 0.15) is 5.01 Å². The number of fused-ring (bicyclic) bond motifs is 1. The highest BCUT2D eigenvalue weighted by atomic mass is 32.1. The van der Waals surface area contributed by atoms with Crippen LogP contribution in [0.25, 0.3) is 4.96 Å². The summed E-state index contributed by atoms with van der Waals surface area (Å²) in [5.74, 6) is 0.968. The molecule has 0 aliphatic heterocycles. The van der Waals surface area contributed by atoms with E-state index in [4.69, 9.17) is 0 Å². The van der Waals surface area contributed by atoms with E-state index in [1.165, 1.54) is 0 Å². The van der Waals surface area contributed by atoms with E-state index in [1.807, 2.05) is 10.7 Å². The molecular weight excluding hydrogens is 194 g/mol. The van der Waals surface area contributed by atoms with Gasteiger partial charge in [0.15, 0.2) is 0 Å². The number of hydrogen-bond donors (Lipinski definition) is 0. The first kappa shape index (κ1) is 9.65. The molecule has 0 radical (unpaired) electrons. The van der Waals surface area contributed by atoms with Crippen LogP contribution in [0.1, 0.15) is 50.2 Å². The molecule has 0 fully saturated rings. The third-order valence-corrected chi connectivity index (χ3v) is 3.39. The molecule has 2 aromatic rings. The van der Waals surface area contributed by atoms with Crippen LogP contribution in [0.15, 0.2) is 6.20 Å². The molecule has 0 N–H and O–H groups in total. The molecule has 0 unspecified atom stereocenters. The number of hydrogen-bond acceptors (Lipinski definition) is 3. The summed E-state index contributed by atoms with van der Waals surface area (Å²) in [4.78, 5) is 5.55. The Morgan fingerprint density at radius 2 is 1.93 bits per heavy atom. The van der Waals surface area contributed by atoms with E-state index in [-0.39, 0.29) is 0 Å². The Bertz CT molecular complexity index is 370. The van der Waals surface area contributed by atoms with Gasteiger partial charge in [-0.05, 0) is 5.92 Å². The number of nitrogens with zero attached hydrogens (tertiary/aromatic N) is 3. The minimum atomic E-state index is 0.478. The maximum atomic E-state index is 4.53. The highest BCUT2D eigenvalue weighted by Crippen LogP contribution is 2.23. The van der Waals surface area contributed by atoms with E-state index in [0.717, 1.165) is 15.7 Å². The van der Waals surface area contributed by atoms with Crippen LogP contribution in [0.2, 0.25) is 0 Å². The maximum Gasteiger partial charge on any atom is 0.212 e. The van der Waals surface area contributed by atoms with Gasteiger partial charge in [0, 0.05) is 5.92 Å². The van der Waals surface area contributed by atoms with Crippen LogP contribution >= 0.6 is 11.3 Å². The summed E-state index contributed by atoms with van der Waals surface area (Å²) in [5, 5.41) is 5.64. The Hall–Kier alpha value is -0.900. The van der Waals surface area contributed by atoms with E-state index in [1.54, 1.807) is 11.3 Å². The number of aromatic nitrogens is 3. The smallest absolute Gasteiger partial charge is 0.212 e. The van der Waals surface area contributed by atoms with Crippen LogP contribution in [0, 0.1) is 0 Å². The van der Waals surface area contributed by atoms with Crippen LogP contribution in [0.5, 0.6) is 0 Å². The zero-order chi connectivity index (χ0) is 10.3. The Morgan fingerprint density at radius 3 is 2.43 bits per heavy atom. The van der Waals surface area contributed by atoms with E-state index < -0.39 is 0 Å². The average Bonchev–Trinajstić information content (AvgIpc) is 2.57. The number of imidazole rings is 1. The first-order chi connectivity index (χ1) is 6.58. The first-order valence-electron chi connectivity index (χ1n) is 4.94. The molecule has 0 amide bonds. The highest BCUT2D eigenvalue weighted by molar-refractivity contribution is 7.16. The molecule has 0 saturated heterocycles. The van der Waals surface area contributed by atoms with Crippen molar-refractivity contribution >= 4 is 16.3 Å². The highest BCUT2D eigenvalue weighted by Gasteiger charge is 2.11. The molecule has 0 atom stereocenters. The van der Waals surface area contributed by atoms with Crippen molar-refractivity contribution in [2.45, 2.75) is 39.5 Å². The Kier molecular flexibility index (Phi) is 2.31. The molecule has 2 heterocycles. The zero-order valence-corrected chi connectivity index (χ0v) is 9.80. The third kappa shape index (κ3) is 1.54. The van der Waals surface area contributed by atoms with Crippen LogP contribution in [0.4, 0.5) is 0 Å². The summed E-state index contributed by atoms with van der Waals surface area (Å²) in [6.45, 7) is 8.61. The van der Waals surface area contributed by atoms with Crippen LogP contribution in [0.3, 0.4) is 0 Å². The molecule has 0 aliphatic carbocycles. The molecule has 76 valence electrons. The molecule has 3 nitrogen and oxygen atoms in total. The van der Waals surface area contributed by atoms with Gasteiger partial charge in [-0.3, -0.25) is 0 Å². The van der Waals surface area contributed by atoms with E-state index in [9.17, 15) is 0 Å². The Balaban J connectivity index is 2.45. The summed E-state index contributed by atoms with van der Waals surface area (Å²) in [6.07, 6.45) is 2.03. The fourth-order valence-electron chi connectivity index (χ4n) is 1.24. The molecule has 2 rings (SSSR count). The third-order valence-electron chi connectivity index (χ3n) is 2.16. The Labute approximate surface area is 87.8 Å². The van der Waals surface area contributed by atoms with E-state index in [0.29, 0.717) is 11.8 Å². The minimum absolute atomic E-state index is 0.478. The lowest BCUT2D eigenvalue weighted by atomic mass is 10.2. The predicted octanol–water partition coefficient (Wildman–Crippen LogP) is 3.04. The van der Waals surface area contributed by atoms with Crippen molar-refractivity contribution in [3.63, 3.8) is 0 Å². The monoisotopic (exact) mass is 209 g/mol. The summed E-state index contributed by atoms with van der Waals surface area (Å²) < 4.78 is 1.90. The summed E-state index contributed by atoms with van der Waals surface area (Å²) >= 11 is 1.68. The second kappa shape index (κ2) is 3.35. The van der Waals surface area contributed by atoms with Crippen molar-refractivity contribution in [2.75, 3.05) is 0 Å². The van der Waals surface area contributed by atoms with Crippen molar-refractivity contribution in [3.05, 3.63) is 16.9 Å². The second-order valence-corrected chi connectivity index (χ2v) is 5.13. The van der Waals surface area contributed by atoms with Gasteiger partial charge >= 0.3 is 0 Å². The van der Waals surface area contributed by atoms with Gasteiger partial charge in [0.05, 0.1) is 11.9 Å². The van der Waals surface area contributed by atoms with Gasteiger partial charge in [-0.25, -0.2) is 9.50 Å². The molecule has 14 heavy (non-hydrogen) atoms. The molecule has 0 aliphatic rings. The average molecular weight is 209 g/mol. The quantitative estimate of drug-likeness (QED) is 0.761. The first-order valence-corrected chi connectivity index (χ1v) is 5.75. The van der Waals surface area contributed by atoms with E-state index in [2.05, 4.69) is 37.8 Å². The molecule has 4 heteroatoms. The van der Waals surface area contributed by atoms with E-state index >= 15 is 0 Å². The largest absolute Gasteiger partial charge is 0.222 e. The predicted molar refractivity (Wildman–Crippen MR) is 59.0 cm³/mol. The summed E-state index contributed by atoms with van der Waals surface area (Å²) in [6, 6.07) is 0. The van der Waals surface area contributed by atoms with Crippen LogP contribution < -0.4 is 0 Å². The van der Waals surface area contributed by atoms with Gasteiger partial charge in [-0.15, -0.1) is 0 Å². The lowest BCUT2D eigenvalue weighted by molar-refractivity contribution is 0.793. The van der Waals surface area contributed by atoms with Gasteiger partial charge in [-0.2, -0.15) is 5.10 Å². The topological polar surface area (TPSA) is 30.2 Å². The SMILES string of the molecule is CC(C)c1cn2nc(C(C)C)sc2n1. The lowest BCUT2D eigenvalue weighted by Gasteiger charge is -1.97. The standard InChI is InChI=1S/C10H15N3S/c1-6(2)8-5-13-10(11-8)14-9(12-13)7(3)4/h5-7H,1-4H3. The molecule has 0 spiro atoms. The molecule has 2 aromatic heterocycles. The fourth-order valence-corrected chi connectivity index (χ4v) is 2.13. The van der Waals surface area contributed by atoms with Crippen molar-refractivity contribution < 1.29 is 0 Å². The second-order valence-electron chi connectivity index (χ2n) is 4.14. The normalized spacial score (nSPS) is 12.1. The fraction of sp³-hybridized carbons (Fsp3) is 0.600. The van der Waals surface area contributed by atoms with Gasteiger partial charge in [0.2, 0.25) is 4.96 Å². The molecule has 0 saturated carbocycles. The number of rotatable bonds is 2. The van der Waals surface area contributed by atoms with Gasteiger partial charge in [-0.1, -0.05) is 39.0 Å². The summed E-state index contributed by atoms with van der Waals surface area (Å²) in [7, 11) is 0. The van der Waals surface area contributed by atoms with Crippen LogP contribution in [-0.2, 0) is 0 Å². The van der Waals surface area contributed by atoms with Crippen molar-refractivity contribution in [2.24, 2.45) is 0 Å². The van der Waals surface area contributed by atoms with Gasteiger partial charge < -0.3 is 0 Å². The zero-order valence-electron chi connectivity index (χ0n) is 8.98. The maximum absolute atomic E-state index is 4.53. The molecular formula is C10H15N3S. The lowest BCUT2D eigenvalue weighted by Crippen LogP contribution is -1.89. The van der Waals surface area contributed by atoms with Crippen molar-refractivity contribution in [3.8, 4) is 0 Å². The summed E-state index contributed by atoms with van der Waals surface area (Å²) in [5.41, 5.74) is 1.12. The Morgan fingerprint density at radius 1 is 1.21 bits per heavy atom. The molecule has 0 bridgehead atoms. The van der Waals surface area contributed by atoms with Crippen molar-refractivity contribution in [1.29, 1.82) is 0 Å². The molecule has 0 aromatic carbocycles. The van der Waals surface area contributed by atoms with Crippen LogP contribution in [-0.4, -0.2) is 14.6 Å². The van der Waals surface area contributed by atoms with Gasteiger partial charge in [0.25, 0.3) is 0 Å².